The number of hydrogen-bond donors (Lipinski definition) is 0. The van der Waals surface area contributed by atoms with Crippen LogP contribution >= 0.6 is 0 Å². The second-order valence-corrected chi connectivity index (χ2v) is 9.23. The summed E-state index contributed by atoms with van der Waals surface area (Å²) in [6.45, 7) is 3.77. The van der Waals surface area contributed by atoms with E-state index in [4.69, 9.17) is 4.74 Å². The Hall–Kier alpha value is -2.30. The van der Waals surface area contributed by atoms with Gasteiger partial charge in [-0.3, -0.25) is 9.59 Å². The maximum absolute atomic E-state index is 13.4. The van der Waals surface area contributed by atoms with Gasteiger partial charge < -0.3 is 14.2 Å². The molecular weight excluding hydrogens is 364 g/mol. The monoisotopic (exact) mass is 394 g/mol. The van der Waals surface area contributed by atoms with Crippen molar-refractivity contribution in [3.8, 4) is 0 Å². The van der Waals surface area contributed by atoms with Crippen LogP contribution in [0.1, 0.15) is 55.8 Å². The number of carbonyl (C=O) groups is 2. The Labute approximate surface area is 172 Å². The van der Waals surface area contributed by atoms with Gasteiger partial charge in [0.2, 0.25) is 0 Å². The van der Waals surface area contributed by atoms with Gasteiger partial charge in [-0.1, -0.05) is 0 Å². The molecule has 0 N–H and O–H groups in total. The Morgan fingerprint density at radius 2 is 1.79 bits per heavy atom. The van der Waals surface area contributed by atoms with Gasteiger partial charge in [0.05, 0.1) is 13.0 Å². The number of esters is 1. The normalized spacial score (nSPS) is 28.0. The molecule has 2 atom stereocenters. The molecule has 2 saturated heterocycles. The third-order valence-corrected chi connectivity index (χ3v) is 7.25. The lowest BCUT2D eigenvalue weighted by atomic mass is 9.68. The smallest absolute Gasteiger partial charge is 0.307 e. The van der Waals surface area contributed by atoms with Gasteiger partial charge in [-0.15, -0.1) is 0 Å². The Balaban J connectivity index is 1.34. The lowest BCUT2D eigenvalue weighted by molar-refractivity contribution is -0.143. The van der Waals surface area contributed by atoms with Gasteiger partial charge in [-0.05, 0) is 81.0 Å². The molecule has 5 heteroatoms. The number of amides is 1. The molecular formula is C24H30N2O3. The molecule has 0 spiro atoms. The molecule has 4 fully saturated rings. The highest BCUT2D eigenvalue weighted by atomic mass is 16.5. The number of aryl methyl sites for hydroxylation is 1. The van der Waals surface area contributed by atoms with Gasteiger partial charge in [0.1, 0.15) is 0 Å². The number of rotatable bonds is 5. The van der Waals surface area contributed by atoms with E-state index in [1.165, 1.54) is 32.1 Å². The summed E-state index contributed by atoms with van der Waals surface area (Å²) in [7, 11) is 0. The van der Waals surface area contributed by atoms with Crippen molar-refractivity contribution in [3.05, 3.63) is 36.0 Å². The van der Waals surface area contributed by atoms with Crippen molar-refractivity contribution in [1.82, 2.24) is 9.47 Å². The van der Waals surface area contributed by atoms with Gasteiger partial charge in [-0.2, -0.15) is 0 Å². The molecule has 4 aliphatic rings. The van der Waals surface area contributed by atoms with Crippen LogP contribution in [-0.2, 0) is 16.1 Å². The number of fused-ring (bicyclic) bond motifs is 2. The Morgan fingerprint density at radius 1 is 1.03 bits per heavy atom. The molecule has 6 rings (SSSR count). The molecule has 5 nitrogen and oxygen atoms in total. The summed E-state index contributed by atoms with van der Waals surface area (Å²) in [6.07, 6.45) is 8.77. The summed E-state index contributed by atoms with van der Waals surface area (Å²) in [6, 6.07) is 8.47. The molecule has 2 aromatic rings. The van der Waals surface area contributed by atoms with Crippen LogP contribution in [0.4, 0.5) is 0 Å². The summed E-state index contributed by atoms with van der Waals surface area (Å²) < 4.78 is 7.09. The van der Waals surface area contributed by atoms with Crippen molar-refractivity contribution in [3.63, 3.8) is 0 Å². The van der Waals surface area contributed by atoms with Crippen molar-refractivity contribution in [2.24, 2.45) is 17.8 Å². The second-order valence-electron chi connectivity index (χ2n) is 9.23. The highest BCUT2D eigenvalue weighted by Gasteiger charge is 2.44. The van der Waals surface area contributed by atoms with Crippen LogP contribution in [0.15, 0.2) is 30.5 Å². The predicted molar refractivity (Wildman–Crippen MR) is 112 cm³/mol. The first-order valence-corrected chi connectivity index (χ1v) is 11.2. The predicted octanol–water partition coefficient (Wildman–Crippen LogP) is 4.25. The first kappa shape index (κ1) is 18.7. The van der Waals surface area contributed by atoms with E-state index in [-0.39, 0.29) is 11.9 Å². The number of ether oxygens (including phenoxy) is 1. The van der Waals surface area contributed by atoms with Crippen LogP contribution in [-0.4, -0.2) is 40.5 Å². The third-order valence-electron chi connectivity index (χ3n) is 7.25. The van der Waals surface area contributed by atoms with Crippen LogP contribution in [0.3, 0.4) is 0 Å². The number of benzene rings is 1. The molecule has 29 heavy (non-hydrogen) atoms. The molecule has 1 amide bonds. The molecule has 2 unspecified atom stereocenters. The fourth-order valence-corrected chi connectivity index (χ4v) is 6.17. The van der Waals surface area contributed by atoms with E-state index in [1.54, 1.807) is 0 Å². The van der Waals surface area contributed by atoms with Crippen LogP contribution in [0.25, 0.3) is 10.9 Å². The summed E-state index contributed by atoms with van der Waals surface area (Å²) in [5, 5.41) is 1.06. The van der Waals surface area contributed by atoms with Crippen molar-refractivity contribution in [2.45, 2.75) is 58.0 Å². The Kier molecular flexibility index (Phi) is 4.84. The van der Waals surface area contributed by atoms with Gasteiger partial charge in [-0.25, -0.2) is 0 Å². The number of nitrogens with zero attached hydrogens (tertiary/aromatic N) is 2. The maximum atomic E-state index is 13.4. The summed E-state index contributed by atoms with van der Waals surface area (Å²) in [4.78, 5) is 27.3. The fourth-order valence-electron chi connectivity index (χ4n) is 6.17. The minimum atomic E-state index is -0.175. The number of hydrogen-bond acceptors (Lipinski definition) is 3. The summed E-state index contributed by atoms with van der Waals surface area (Å²) in [5.74, 6) is 2.40. The van der Waals surface area contributed by atoms with Crippen molar-refractivity contribution < 1.29 is 14.3 Å². The quantitative estimate of drug-likeness (QED) is 0.713. The van der Waals surface area contributed by atoms with E-state index in [2.05, 4.69) is 9.47 Å². The van der Waals surface area contributed by atoms with Gasteiger partial charge >= 0.3 is 5.97 Å². The zero-order valence-corrected chi connectivity index (χ0v) is 17.2. The van der Waals surface area contributed by atoms with Crippen LogP contribution in [0.5, 0.6) is 0 Å². The van der Waals surface area contributed by atoms with Crippen LogP contribution in [0, 0.1) is 17.8 Å². The van der Waals surface area contributed by atoms with Crippen LogP contribution in [0.2, 0.25) is 0 Å². The molecule has 2 aliphatic heterocycles. The summed E-state index contributed by atoms with van der Waals surface area (Å²) >= 11 is 0. The fraction of sp³-hybridized carbons (Fsp3) is 0.583. The summed E-state index contributed by atoms with van der Waals surface area (Å²) in [5.41, 5.74) is 1.85. The zero-order chi connectivity index (χ0) is 20.0. The number of aromatic nitrogens is 1. The highest BCUT2D eigenvalue weighted by Crippen LogP contribution is 2.47. The van der Waals surface area contributed by atoms with Crippen molar-refractivity contribution >= 4 is 22.8 Å². The highest BCUT2D eigenvalue weighted by molar-refractivity contribution is 5.98. The largest absolute Gasteiger partial charge is 0.466 e. The SMILES string of the molecule is CCOC(=O)CCn1ccc2cc(C(=O)N3CC4CC5CC(C4)CC3C5)ccc21. The second kappa shape index (κ2) is 7.51. The molecule has 3 heterocycles. The minimum absolute atomic E-state index is 0.175. The average Bonchev–Trinajstić information content (AvgIpc) is 3.01. The Morgan fingerprint density at radius 3 is 2.55 bits per heavy atom. The average molecular weight is 395 g/mol. The first-order chi connectivity index (χ1) is 14.1. The van der Waals surface area contributed by atoms with Crippen molar-refractivity contribution in [2.75, 3.05) is 13.2 Å². The first-order valence-electron chi connectivity index (χ1n) is 11.2. The Bertz CT molecular complexity index is 919. The van der Waals surface area contributed by atoms with Crippen LogP contribution < -0.4 is 0 Å². The standard InChI is InChI=1S/C24H30N2O3/c1-2-29-23(27)6-8-25-7-5-19-14-20(3-4-22(19)25)24(28)26-15-18-10-16-9-17(11-18)13-21(26)12-16/h3-5,7,14,16-18,21H,2,6,8-13,15H2,1H3. The van der Waals surface area contributed by atoms with E-state index < -0.39 is 0 Å². The molecule has 0 radical (unpaired) electrons. The van der Waals surface area contributed by atoms with Gasteiger partial charge in [0.15, 0.2) is 0 Å². The van der Waals surface area contributed by atoms with Gasteiger partial charge in [0.25, 0.3) is 5.91 Å². The van der Waals surface area contributed by atoms with E-state index in [9.17, 15) is 9.59 Å². The van der Waals surface area contributed by atoms with Crippen molar-refractivity contribution in [1.29, 1.82) is 0 Å². The van der Waals surface area contributed by atoms with E-state index in [0.717, 1.165) is 34.8 Å². The van der Waals surface area contributed by atoms with E-state index >= 15 is 0 Å². The topological polar surface area (TPSA) is 51.5 Å². The minimum Gasteiger partial charge on any atom is -0.466 e. The molecule has 4 bridgehead atoms. The lowest BCUT2D eigenvalue weighted by Gasteiger charge is -2.39. The molecule has 1 aromatic carbocycles. The third kappa shape index (κ3) is 3.56. The lowest BCUT2D eigenvalue weighted by Crippen LogP contribution is -2.42. The molecule has 2 aliphatic carbocycles. The number of carbonyl (C=O) groups excluding carboxylic acids is 2. The molecule has 1 aromatic heterocycles. The maximum Gasteiger partial charge on any atom is 0.307 e. The molecule has 154 valence electrons. The van der Waals surface area contributed by atoms with Gasteiger partial charge in [0, 0.05) is 41.8 Å². The zero-order valence-electron chi connectivity index (χ0n) is 17.2. The molecule has 2 saturated carbocycles. The van der Waals surface area contributed by atoms with E-state index in [0.29, 0.717) is 31.5 Å². The van der Waals surface area contributed by atoms with E-state index in [1.807, 2.05) is 37.4 Å².